The molecule has 0 unspecified atom stereocenters. The zero-order chi connectivity index (χ0) is 18.9. The summed E-state index contributed by atoms with van der Waals surface area (Å²) in [7, 11) is -3.92. The van der Waals surface area contributed by atoms with Gasteiger partial charge in [0.25, 0.3) is 5.69 Å². The van der Waals surface area contributed by atoms with E-state index in [1.165, 1.54) is 17.3 Å². The molecule has 138 valence electrons. The second-order valence-corrected chi connectivity index (χ2v) is 8.54. The largest absolute Gasteiger partial charge is 0.340 e. The zero-order valence-corrected chi connectivity index (χ0v) is 15.8. The van der Waals surface area contributed by atoms with Crippen molar-refractivity contribution in [3.8, 4) is 0 Å². The topological polar surface area (TPSA) is 101 Å². The molecular formula is C15H20ClN3O5S. The van der Waals surface area contributed by atoms with Crippen LogP contribution in [0.3, 0.4) is 0 Å². The number of halogens is 1. The molecule has 1 amide bonds. The van der Waals surface area contributed by atoms with Gasteiger partial charge in [-0.1, -0.05) is 25.4 Å². The highest BCUT2D eigenvalue weighted by molar-refractivity contribution is 7.89. The number of rotatable bonds is 4. The van der Waals surface area contributed by atoms with Crippen molar-refractivity contribution in [3.63, 3.8) is 0 Å². The van der Waals surface area contributed by atoms with E-state index in [1.807, 2.05) is 0 Å². The molecule has 0 spiro atoms. The van der Waals surface area contributed by atoms with Crippen LogP contribution in [-0.4, -0.2) is 54.6 Å². The number of benzene rings is 1. The van der Waals surface area contributed by atoms with Crippen molar-refractivity contribution in [2.24, 2.45) is 5.92 Å². The molecule has 10 heteroatoms. The van der Waals surface area contributed by atoms with Gasteiger partial charge >= 0.3 is 0 Å². The summed E-state index contributed by atoms with van der Waals surface area (Å²) in [4.78, 5) is 23.9. The molecule has 1 aliphatic heterocycles. The van der Waals surface area contributed by atoms with Crippen LogP contribution in [0.25, 0.3) is 0 Å². The summed E-state index contributed by atoms with van der Waals surface area (Å²) in [6, 6.07) is 2.26. The summed E-state index contributed by atoms with van der Waals surface area (Å²) in [5.74, 6) is -0.173. The molecule has 1 aliphatic rings. The van der Waals surface area contributed by atoms with Crippen molar-refractivity contribution >= 4 is 33.2 Å². The second-order valence-electron chi connectivity index (χ2n) is 6.19. The Hall–Kier alpha value is -1.71. The average Bonchev–Trinajstić information content (AvgIpc) is 2.56. The third-order valence-corrected chi connectivity index (χ3v) is 6.44. The van der Waals surface area contributed by atoms with E-state index in [9.17, 15) is 23.3 Å². The molecule has 0 bridgehead atoms. The first-order valence-electron chi connectivity index (χ1n) is 7.79. The van der Waals surface area contributed by atoms with Gasteiger partial charge in [0.05, 0.1) is 14.8 Å². The highest BCUT2D eigenvalue weighted by Gasteiger charge is 2.32. The summed E-state index contributed by atoms with van der Waals surface area (Å²) in [6.07, 6.45) is 0. The van der Waals surface area contributed by atoms with Crippen LogP contribution < -0.4 is 0 Å². The predicted octanol–water partition coefficient (Wildman–Crippen LogP) is 2.05. The van der Waals surface area contributed by atoms with Crippen molar-refractivity contribution in [3.05, 3.63) is 32.8 Å². The molecule has 1 fully saturated rings. The van der Waals surface area contributed by atoms with Crippen LogP contribution in [0.4, 0.5) is 5.69 Å². The van der Waals surface area contributed by atoms with Crippen molar-refractivity contribution < 1.29 is 18.1 Å². The third kappa shape index (κ3) is 3.94. The average molecular weight is 390 g/mol. The van der Waals surface area contributed by atoms with Gasteiger partial charge in [-0.2, -0.15) is 4.31 Å². The molecule has 0 atom stereocenters. The maximum absolute atomic E-state index is 12.8. The number of carbonyl (C=O) groups excluding carboxylic acids is 1. The van der Waals surface area contributed by atoms with Crippen molar-refractivity contribution in [1.82, 2.24) is 9.21 Å². The van der Waals surface area contributed by atoms with Gasteiger partial charge in [0.15, 0.2) is 0 Å². The highest BCUT2D eigenvalue weighted by Crippen LogP contribution is 2.31. The number of nitro benzene ring substituents is 1. The zero-order valence-electron chi connectivity index (χ0n) is 14.2. The Labute approximate surface area is 151 Å². The van der Waals surface area contributed by atoms with Gasteiger partial charge in [0, 0.05) is 43.7 Å². The summed E-state index contributed by atoms with van der Waals surface area (Å²) >= 11 is 5.97. The van der Waals surface area contributed by atoms with Gasteiger partial charge < -0.3 is 4.90 Å². The molecule has 0 N–H and O–H groups in total. The second kappa shape index (κ2) is 7.27. The predicted molar refractivity (Wildman–Crippen MR) is 93.0 cm³/mol. The van der Waals surface area contributed by atoms with E-state index in [1.54, 1.807) is 18.7 Å². The molecular weight excluding hydrogens is 370 g/mol. The molecule has 0 saturated carbocycles. The number of nitrogens with zero attached hydrogens (tertiary/aromatic N) is 3. The van der Waals surface area contributed by atoms with E-state index in [0.29, 0.717) is 0 Å². The minimum absolute atomic E-state index is 0.0222. The minimum atomic E-state index is -3.92. The maximum atomic E-state index is 12.8. The number of sulfonamides is 1. The lowest BCUT2D eigenvalue weighted by Crippen LogP contribution is -2.51. The molecule has 1 aromatic rings. The fraction of sp³-hybridized carbons (Fsp3) is 0.533. The van der Waals surface area contributed by atoms with Crippen molar-refractivity contribution in [2.75, 3.05) is 26.2 Å². The first-order valence-corrected chi connectivity index (χ1v) is 9.61. The Morgan fingerprint density at radius 2 is 1.80 bits per heavy atom. The molecule has 0 aliphatic carbocycles. The van der Waals surface area contributed by atoms with E-state index < -0.39 is 14.9 Å². The molecule has 25 heavy (non-hydrogen) atoms. The van der Waals surface area contributed by atoms with Gasteiger partial charge in [0.2, 0.25) is 15.9 Å². The summed E-state index contributed by atoms with van der Waals surface area (Å²) in [6.45, 7) is 5.90. The fourth-order valence-corrected chi connectivity index (χ4v) is 4.39. The van der Waals surface area contributed by atoms with E-state index in [4.69, 9.17) is 11.6 Å². The van der Waals surface area contributed by atoms with Crippen molar-refractivity contribution in [2.45, 2.75) is 25.7 Å². The number of nitro groups is 1. The fourth-order valence-electron chi connectivity index (χ4n) is 2.64. The number of hydrogen-bond donors (Lipinski definition) is 0. The smallest absolute Gasteiger partial charge is 0.275 e. The number of piperazine rings is 1. The van der Waals surface area contributed by atoms with Crippen LogP contribution in [0, 0.1) is 23.0 Å². The molecule has 8 nitrogen and oxygen atoms in total. The Bertz CT molecular complexity index is 802. The number of hydrogen-bond acceptors (Lipinski definition) is 5. The van der Waals surface area contributed by atoms with Gasteiger partial charge in [-0.25, -0.2) is 8.42 Å². The Balaban J connectivity index is 2.26. The van der Waals surface area contributed by atoms with Crippen LogP contribution in [0.1, 0.15) is 19.4 Å². The van der Waals surface area contributed by atoms with E-state index in [0.717, 1.165) is 6.07 Å². The van der Waals surface area contributed by atoms with Crippen LogP contribution >= 0.6 is 11.6 Å². The minimum Gasteiger partial charge on any atom is -0.340 e. The van der Waals surface area contributed by atoms with Gasteiger partial charge in [-0.05, 0) is 13.0 Å². The summed E-state index contributed by atoms with van der Waals surface area (Å²) in [5, 5.41) is 11.1. The first kappa shape index (κ1) is 19.6. The summed E-state index contributed by atoms with van der Waals surface area (Å²) in [5.41, 5.74) is -0.113. The van der Waals surface area contributed by atoms with Gasteiger partial charge in [-0.15, -0.1) is 0 Å². The van der Waals surface area contributed by atoms with Crippen molar-refractivity contribution in [1.29, 1.82) is 0 Å². The number of amides is 1. The van der Waals surface area contributed by atoms with Gasteiger partial charge in [-0.3, -0.25) is 14.9 Å². The SMILES string of the molecule is Cc1c(Cl)cc(S(=O)(=O)N2CCN(C(=O)C(C)C)CC2)cc1[N+](=O)[O-]. The van der Waals surface area contributed by atoms with Crippen LogP contribution in [0.5, 0.6) is 0 Å². The van der Waals surface area contributed by atoms with E-state index >= 15 is 0 Å². The quantitative estimate of drug-likeness (QED) is 0.579. The third-order valence-electron chi connectivity index (χ3n) is 4.17. The van der Waals surface area contributed by atoms with E-state index in [2.05, 4.69) is 0 Å². The first-order chi connectivity index (χ1) is 11.6. The Morgan fingerprint density at radius 1 is 1.24 bits per heavy atom. The van der Waals surface area contributed by atoms with Gasteiger partial charge in [0.1, 0.15) is 0 Å². The molecule has 1 saturated heterocycles. The van der Waals surface area contributed by atoms with Crippen LogP contribution in [0.15, 0.2) is 17.0 Å². The Kier molecular flexibility index (Phi) is 5.70. The molecule has 2 rings (SSSR count). The maximum Gasteiger partial charge on any atom is 0.275 e. The molecule has 0 radical (unpaired) electrons. The lowest BCUT2D eigenvalue weighted by atomic mass is 10.2. The molecule has 0 aromatic heterocycles. The van der Waals surface area contributed by atoms with Crippen LogP contribution in [0.2, 0.25) is 5.02 Å². The summed E-state index contributed by atoms with van der Waals surface area (Å²) < 4.78 is 26.8. The standard InChI is InChI=1S/C15H20ClN3O5S/c1-10(2)15(20)17-4-6-18(7-5-17)25(23,24)12-8-13(16)11(3)14(9-12)19(21)22/h8-10H,4-7H2,1-3H3. The molecule has 1 heterocycles. The number of carbonyl (C=O) groups is 1. The highest BCUT2D eigenvalue weighted by atomic mass is 35.5. The van der Waals surface area contributed by atoms with E-state index in [-0.39, 0.29) is 59.2 Å². The molecule has 1 aromatic carbocycles. The Morgan fingerprint density at radius 3 is 2.28 bits per heavy atom. The lowest BCUT2D eigenvalue weighted by Gasteiger charge is -2.34. The monoisotopic (exact) mass is 389 g/mol. The van der Waals surface area contributed by atoms with Crippen LogP contribution in [-0.2, 0) is 14.8 Å². The normalized spacial score (nSPS) is 16.3. The lowest BCUT2D eigenvalue weighted by molar-refractivity contribution is -0.385.